The summed E-state index contributed by atoms with van der Waals surface area (Å²) in [6.45, 7) is 13.1. The predicted molar refractivity (Wildman–Crippen MR) is 130 cm³/mol. The van der Waals surface area contributed by atoms with Crippen molar-refractivity contribution in [3.05, 3.63) is 66.7 Å². The van der Waals surface area contributed by atoms with Crippen molar-refractivity contribution in [2.24, 2.45) is 5.41 Å². The standard InChI is InChI=1S/C25H25BO2.C2H6/c1-24(2)16-26(28-25(24,3)4)18-10-7-9-17(15-18)19-12-8-13-21-20-11-5-6-14-22(20)27-23(19)21;1-2/h5-15H,16H2,1-4H3;1-2H3. The Kier molecular flexibility index (Phi) is 5.28. The van der Waals surface area contributed by atoms with E-state index in [-0.39, 0.29) is 17.9 Å². The van der Waals surface area contributed by atoms with E-state index in [1.54, 1.807) is 0 Å². The first-order valence-electron chi connectivity index (χ1n) is 11.0. The fourth-order valence-electron chi connectivity index (χ4n) is 4.33. The molecule has 3 heteroatoms. The topological polar surface area (TPSA) is 22.4 Å². The number of hydrogen-bond donors (Lipinski definition) is 0. The second kappa shape index (κ2) is 7.63. The summed E-state index contributed by atoms with van der Waals surface area (Å²) in [6, 6.07) is 23.4. The van der Waals surface area contributed by atoms with Crippen LogP contribution in [-0.2, 0) is 4.65 Å². The minimum absolute atomic E-state index is 0.125. The normalized spacial score (nSPS) is 17.2. The fourth-order valence-corrected chi connectivity index (χ4v) is 4.33. The van der Waals surface area contributed by atoms with Crippen molar-refractivity contribution in [3.63, 3.8) is 0 Å². The molecule has 1 fully saturated rings. The van der Waals surface area contributed by atoms with Crippen LogP contribution in [0.15, 0.2) is 71.1 Å². The summed E-state index contributed by atoms with van der Waals surface area (Å²) in [5.41, 5.74) is 5.45. The summed E-state index contributed by atoms with van der Waals surface area (Å²) in [5.74, 6) is 0. The molecule has 2 heterocycles. The highest BCUT2D eigenvalue weighted by Crippen LogP contribution is 2.45. The lowest BCUT2D eigenvalue weighted by Gasteiger charge is -2.34. The molecule has 1 saturated heterocycles. The van der Waals surface area contributed by atoms with E-state index < -0.39 is 0 Å². The van der Waals surface area contributed by atoms with Crippen molar-refractivity contribution >= 4 is 34.3 Å². The smallest absolute Gasteiger partial charge is 0.327 e. The quantitative estimate of drug-likeness (QED) is 0.330. The minimum Gasteiger partial charge on any atom is -0.455 e. The SMILES string of the molecule is CC.CC1(C)CB(c2cccc(-c3cccc4c3oc3ccccc34)c2)OC1(C)C. The van der Waals surface area contributed by atoms with Gasteiger partial charge in [-0.05, 0) is 42.7 Å². The third kappa shape index (κ3) is 3.35. The molecule has 0 atom stereocenters. The average Bonchev–Trinajstić information content (AvgIpc) is 3.23. The minimum atomic E-state index is -0.133. The summed E-state index contributed by atoms with van der Waals surface area (Å²) >= 11 is 0. The number of para-hydroxylation sites is 2. The Balaban J connectivity index is 0.00000106. The Morgan fingerprint density at radius 2 is 1.50 bits per heavy atom. The van der Waals surface area contributed by atoms with Gasteiger partial charge < -0.3 is 9.07 Å². The van der Waals surface area contributed by atoms with Crippen molar-refractivity contribution in [2.75, 3.05) is 0 Å². The molecule has 0 N–H and O–H groups in total. The number of rotatable bonds is 2. The van der Waals surface area contributed by atoms with E-state index in [0.717, 1.165) is 33.8 Å². The molecule has 0 bridgehead atoms. The first-order valence-corrected chi connectivity index (χ1v) is 11.0. The molecule has 30 heavy (non-hydrogen) atoms. The van der Waals surface area contributed by atoms with Gasteiger partial charge in [-0.2, -0.15) is 0 Å². The van der Waals surface area contributed by atoms with Crippen molar-refractivity contribution in [1.29, 1.82) is 0 Å². The molecule has 154 valence electrons. The highest BCUT2D eigenvalue weighted by molar-refractivity contribution is 6.68. The molecule has 0 unspecified atom stereocenters. The van der Waals surface area contributed by atoms with Gasteiger partial charge in [0.15, 0.2) is 0 Å². The zero-order valence-electron chi connectivity index (χ0n) is 19.0. The second-order valence-corrected chi connectivity index (χ2v) is 9.11. The van der Waals surface area contributed by atoms with Crippen LogP contribution < -0.4 is 5.46 Å². The third-order valence-electron chi connectivity index (χ3n) is 6.74. The molecule has 2 nitrogen and oxygen atoms in total. The van der Waals surface area contributed by atoms with Crippen molar-refractivity contribution in [1.82, 2.24) is 0 Å². The molecule has 1 aliphatic rings. The number of benzene rings is 3. The lowest BCUT2D eigenvalue weighted by molar-refractivity contribution is 0.0375. The number of furan rings is 1. The van der Waals surface area contributed by atoms with Gasteiger partial charge in [0.2, 0.25) is 0 Å². The molecule has 4 aromatic rings. The maximum absolute atomic E-state index is 6.45. The number of hydrogen-bond acceptors (Lipinski definition) is 2. The molecular weight excluding hydrogens is 367 g/mol. The second-order valence-electron chi connectivity index (χ2n) is 9.11. The fraction of sp³-hybridized carbons (Fsp3) is 0.333. The van der Waals surface area contributed by atoms with E-state index in [4.69, 9.17) is 9.07 Å². The molecule has 1 aliphatic heterocycles. The van der Waals surface area contributed by atoms with Gasteiger partial charge >= 0.3 is 6.92 Å². The Morgan fingerprint density at radius 3 is 2.23 bits per heavy atom. The molecule has 3 aromatic carbocycles. The van der Waals surface area contributed by atoms with E-state index in [1.807, 2.05) is 26.0 Å². The largest absolute Gasteiger partial charge is 0.455 e. The lowest BCUT2D eigenvalue weighted by Crippen LogP contribution is -2.36. The molecule has 5 rings (SSSR count). The number of fused-ring (bicyclic) bond motifs is 3. The molecule has 0 saturated carbocycles. The van der Waals surface area contributed by atoms with E-state index in [2.05, 4.69) is 82.3 Å². The summed E-state index contributed by atoms with van der Waals surface area (Å²) in [4.78, 5) is 0. The van der Waals surface area contributed by atoms with Crippen LogP contribution in [0, 0.1) is 5.41 Å². The maximum atomic E-state index is 6.45. The average molecular weight is 398 g/mol. The molecule has 0 radical (unpaired) electrons. The maximum Gasteiger partial charge on any atom is 0.327 e. The van der Waals surface area contributed by atoms with E-state index in [1.165, 1.54) is 11.0 Å². The van der Waals surface area contributed by atoms with Crippen LogP contribution >= 0.6 is 0 Å². The van der Waals surface area contributed by atoms with Gasteiger partial charge in [-0.3, -0.25) is 0 Å². The van der Waals surface area contributed by atoms with Gasteiger partial charge in [0, 0.05) is 16.3 Å². The van der Waals surface area contributed by atoms with Crippen LogP contribution in [0.3, 0.4) is 0 Å². The van der Waals surface area contributed by atoms with E-state index >= 15 is 0 Å². The lowest BCUT2D eigenvalue weighted by atomic mass is 9.54. The third-order valence-corrected chi connectivity index (χ3v) is 6.74. The van der Waals surface area contributed by atoms with Gasteiger partial charge in [0.25, 0.3) is 0 Å². The predicted octanol–water partition coefficient (Wildman–Crippen LogP) is 7.31. The van der Waals surface area contributed by atoms with Crippen molar-refractivity contribution in [3.8, 4) is 11.1 Å². The molecule has 0 spiro atoms. The Labute approximate surface area is 180 Å². The van der Waals surface area contributed by atoms with Crippen LogP contribution in [0.5, 0.6) is 0 Å². The van der Waals surface area contributed by atoms with E-state index in [9.17, 15) is 0 Å². The van der Waals surface area contributed by atoms with Gasteiger partial charge in [-0.1, -0.05) is 88.4 Å². The molecule has 0 amide bonds. The molecule has 0 aliphatic carbocycles. The summed E-state index contributed by atoms with van der Waals surface area (Å²) in [7, 11) is 0. The first-order chi connectivity index (χ1) is 14.4. The highest BCUT2D eigenvalue weighted by Gasteiger charge is 2.49. The van der Waals surface area contributed by atoms with Crippen LogP contribution in [0.2, 0.25) is 6.32 Å². The Morgan fingerprint density at radius 1 is 0.800 bits per heavy atom. The van der Waals surface area contributed by atoms with Crippen molar-refractivity contribution < 1.29 is 9.07 Å². The van der Waals surface area contributed by atoms with Gasteiger partial charge in [-0.15, -0.1) is 0 Å². The van der Waals surface area contributed by atoms with Crippen molar-refractivity contribution in [2.45, 2.75) is 53.5 Å². The first kappa shape index (κ1) is 20.7. The van der Waals surface area contributed by atoms with Crippen LogP contribution in [0.25, 0.3) is 33.1 Å². The van der Waals surface area contributed by atoms with Crippen LogP contribution in [-0.4, -0.2) is 12.5 Å². The summed E-state index contributed by atoms with van der Waals surface area (Å²) in [5, 5.41) is 2.33. The zero-order valence-corrected chi connectivity index (χ0v) is 19.0. The van der Waals surface area contributed by atoms with Crippen LogP contribution in [0.4, 0.5) is 0 Å². The van der Waals surface area contributed by atoms with Gasteiger partial charge in [-0.25, -0.2) is 0 Å². The van der Waals surface area contributed by atoms with Gasteiger partial charge in [0.05, 0.1) is 5.60 Å². The molecule has 1 aromatic heterocycles. The molecular formula is C27H31BO2. The van der Waals surface area contributed by atoms with Gasteiger partial charge in [0.1, 0.15) is 11.2 Å². The van der Waals surface area contributed by atoms with Crippen LogP contribution in [0.1, 0.15) is 41.5 Å². The summed E-state index contributed by atoms with van der Waals surface area (Å²) in [6.07, 6.45) is 1.03. The Bertz CT molecular complexity index is 1170. The zero-order chi connectivity index (χ0) is 21.5. The Hall–Kier alpha value is -2.52. The monoisotopic (exact) mass is 398 g/mol. The summed E-state index contributed by atoms with van der Waals surface area (Å²) < 4.78 is 12.7. The highest BCUT2D eigenvalue weighted by atomic mass is 16.5. The van der Waals surface area contributed by atoms with E-state index in [0.29, 0.717) is 0 Å².